The van der Waals surface area contributed by atoms with Gasteiger partial charge in [0.15, 0.2) is 0 Å². The summed E-state index contributed by atoms with van der Waals surface area (Å²) in [5.74, 6) is 0. The van der Waals surface area contributed by atoms with Crippen LogP contribution in [0, 0.1) is 0 Å². The smallest absolute Gasteiger partial charge is 0.143 e. The maximum Gasteiger partial charge on any atom is 0.143 e. The first kappa shape index (κ1) is 29.7. The van der Waals surface area contributed by atoms with Crippen molar-refractivity contribution in [1.82, 2.24) is 0 Å². The Kier molecular flexibility index (Phi) is 14.7. The van der Waals surface area contributed by atoms with Crippen LogP contribution in [-0.4, -0.2) is 11.9 Å². The van der Waals surface area contributed by atoms with Crippen molar-refractivity contribution in [2.45, 2.75) is 95.5 Å². The minimum atomic E-state index is -0.586. The van der Waals surface area contributed by atoms with Crippen molar-refractivity contribution < 1.29 is 4.74 Å². The van der Waals surface area contributed by atoms with Gasteiger partial charge in [0, 0.05) is 11.9 Å². The largest absolute Gasteiger partial charge is 0.361 e. The third kappa shape index (κ3) is 10.1. The summed E-state index contributed by atoms with van der Waals surface area (Å²) < 4.78 is 6.90. The maximum atomic E-state index is 6.90. The molecule has 0 heterocycles. The van der Waals surface area contributed by atoms with Gasteiger partial charge in [-0.15, -0.1) is 0 Å². The molecule has 0 amide bonds. The van der Waals surface area contributed by atoms with Gasteiger partial charge in [0.1, 0.15) is 5.60 Å². The van der Waals surface area contributed by atoms with Crippen molar-refractivity contribution in [2.24, 2.45) is 0 Å². The number of rotatable bonds is 20. The Labute approximate surface area is 235 Å². The van der Waals surface area contributed by atoms with Crippen LogP contribution in [0.5, 0.6) is 0 Å². The van der Waals surface area contributed by atoms with Gasteiger partial charge in [-0.1, -0.05) is 184 Å². The van der Waals surface area contributed by atoms with Crippen LogP contribution in [0.2, 0.25) is 0 Å². The molecule has 3 rings (SSSR count). The number of hydrogen-bond acceptors (Lipinski definition) is 1. The summed E-state index contributed by atoms with van der Waals surface area (Å²) >= 11 is 3.52. The SMILES string of the molecule is BrCCCCCCCCCCCCCCCCOC(c1ccccc1)(c1ccccc1)c1ccccc1. The summed E-state index contributed by atoms with van der Waals surface area (Å²) in [5, 5.41) is 1.16. The van der Waals surface area contributed by atoms with E-state index in [1.54, 1.807) is 0 Å². The molecule has 0 radical (unpaired) electrons. The predicted octanol–water partition coefficient (Wildman–Crippen LogP) is 10.9. The van der Waals surface area contributed by atoms with E-state index in [0.717, 1.165) is 18.4 Å². The van der Waals surface area contributed by atoms with Gasteiger partial charge in [0.2, 0.25) is 0 Å². The molecule has 0 aliphatic heterocycles. The lowest BCUT2D eigenvalue weighted by molar-refractivity contribution is 0.0106. The minimum Gasteiger partial charge on any atom is -0.361 e. The van der Waals surface area contributed by atoms with Gasteiger partial charge in [-0.2, -0.15) is 0 Å². The van der Waals surface area contributed by atoms with Crippen LogP contribution in [0.25, 0.3) is 0 Å². The number of benzene rings is 3. The molecule has 3 aromatic carbocycles. The minimum absolute atomic E-state index is 0.586. The monoisotopic (exact) mass is 562 g/mol. The van der Waals surface area contributed by atoms with Gasteiger partial charge >= 0.3 is 0 Å². The molecule has 3 aromatic rings. The van der Waals surface area contributed by atoms with Crippen LogP contribution in [0.3, 0.4) is 0 Å². The first-order valence-corrected chi connectivity index (χ1v) is 15.9. The zero-order valence-electron chi connectivity index (χ0n) is 22.8. The standard InChI is InChI=1S/C35H47BrO/c36-30-22-11-9-7-5-3-1-2-4-6-8-10-12-23-31-37-35(32-24-16-13-17-25-32,33-26-18-14-19-27-33)34-28-20-15-21-29-34/h13-21,24-29H,1-12,22-23,30-31H2. The van der Waals surface area contributed by atoms with E-state index in [0.29, 0.717) is 0 Å². The summed E-state index contributed by atoms with van der Waals surface area (Å²) in [6.45, 7) is 0.758. The number of halogens is 1. The van der Waals surface area contributed by atoms with E-state index in [1.165, 1.54) is 100 Å². The zero-order valence-corrected chi connectivity index (χ0v) is 24.3. The second kappa shape index (κ2) is 18.4. The second-order valence-electron chi connectivity index (χ2n) is 10.3. The number of hydrogen-bond donors (Lipinski definition) is 0. The highest BCUT2D eigenvalue weighted by Crippen LogP contribution is 2.40. The second-order valence-corrected chi connectivity index (χ2v) is 11.1. The number of unbranched alkanes of at least 4 members (excludes halogenated alkanes) is 13. The summed E-state index contributed by atoms with van der Waals surface area (Å²) in [7, 11) is 0. The fourth-order valence-corrected chi connectivity index (χ4v) is 5.71. The molecule has 0 aliphatic rings. The molecule has 0 aromatic heterocycles. The Morgan fingerprint density at radius 2 is 0.703 bits per heavy atom. The molecule has 0 aliphatic carbocycles. The summed E-state index contributed by atoms with van der Waals surface area (Å²) in [6.07, 6.45) is 19.1. The van der Waals surface area contributed by atoms with Crippen molar-refractivity contribution in [3.63, 3.8) is 0 Å². The molecule has 0 spiro atoms. The Morgan fingerprint density at radius 1 is 0.405 bits per heavy atom. The number of ether oxygens (including phenoxy) is 1. The van der Waals surface area contributed by atoms with Gasteiger partial charge in [-0.3, -0.25) is 0 Å². The fourth-order valence-electron chi connectivity index (χ4n) is 5.31. The maximum absolute atomic E-state index is 6.90. The van der Waals surface area contributed by atoms with E-state index in [-0.39, 0.29) is 0 Å². The number of alkyl halides is 1. The molecular formula is C35H47BrO. The molecule has 37 heavy (non-hydrogen) atoms. The van der Waals surface area contributed by atoms with Crippen LogP contribution < -0.4 is 0 Å². The van der Waals surface area contributed by atoms with Crippen molar-refractivity contribution in [3.05, 3.63) is 108 Å². The summed E-state index contributed by atoms with van der Waals surface area (Å²) in [5.41, 5.74) is 2.97. The third-order valence-electron chi connectivity index (χ3n) is 7.39. The van der Waals surface area contributed by atoms with Crippen molar-refractivity contribution in [3.8, 4) is 0 Å². The van der Waals surface area contributed by atoms with Crippen molar-refractivity contribution in [1.29, 1.82) is 0 Å². The van der Waals surface area contributed by atoms with E-state index in [1.807, 2.05) is 0 Å². The molecule has 0 fully saturated rings. The van der Waals surface area contributed by atoms with Gasteiger partial charge < -0.3 is 4.74 Å². The Morgan fingerprint density at radius 3 is 1.03 bits per heavy atom. The average Bonchev–Trinajstić information content (AvgIpc) is 2.96. The molecule has 0 unspecified atom stereocenters. The molecule has 0 bridgehead atoms. The van der Waals surface area contributed by atoms with Gasteiger partial charge in [0.05, 0.1) is 0 Å². The summed E-state index contributed by atoms with van der Waals surface area (Å²) in [6, 6.07) is 32.1. The lowest BCUT2D eigenvalue weighted by Crippen LogP contribution is -2.33. The first-order valence-electron chi connectivity index (χ1n) is 14.7. The topological polar surface area (TPSA) is 9.23 Å². The fraction of sp³-hybridized carbons (Fsp3) is 0.486. The summed E-state index contributed by atoms with van der Waals surface area (Å²) in [4.78, 5) is 0. The molecule has 0 saturated carbocycles. The highest BCUT2D eigenvalue weighted by molar-refractivity contribution is 9.09. The zero-order chi connectivity index (χ0) is 25.9. The van der Waals surface area contributed by atoms with E-state index < -0.39 is 5.60 Å². The van der Waals surface area contributed by atoms with E-state index in [9.17, 15) is 0 Å². The van der Waals surface area contributed by atoms with Crippen molar-refractivity contribution >= 4 is 15.9 Å². The molecule has 0 saturated heterocycles. The Hall–Kier alpha value is -1.90. The van der Waals surface area contributed by atoms with E-state index in [2.05, 4.69) is 107 Å². The highest BCUT2D eigenvalue weighted by atomic mass is 79.9. The van der Waals surface area contributed by atoms with Crippen LogP contribution in [0.15, 0.2) is 91.0 Å². The van der Waals surface area contributed by atoms with Crippen LogP contribution >= 0.6 is 15.9 Å². The third-order valence-corrected chi connectivity index (χ3v) is 7.95. The normalized spacial score (nSPS) is 11.6. The lowest BCUT2D eigenvalue weighted by Gasteiger charge is -2.36. The molecule has 0 N–H and O–H groups in total. The lowest BCUT2D eigenvalue weighted by atomic mass is 9.80. The molecule has 1 nitrogen and oxygen atoms in total. The average molecular weight is 564 g/mol. The van der Waals surface area contributed by atoms with Crippen LogP contribution in [0.4, 0.5) is 0 Å². The molecule has 2 heteroatoms. The predicted molar refractivity (Wildman–Crippen MR) is 164 cm³/mol. The van der Waals surface area contributed by atoms with Gasteiger partial charge in [-0.05, 0) is 29.5 Å². The van der Waals surface area contributed by atoms with Gasteiger partial charge in [0.25, 0.3) is 0 Å². The molecular weight excluding hydrogens is 516 g/mol. The Bertz CT molecular complexity index is 829. The first-order chi connectivity index (χ1) is 18.4. The highest BCUT2D eigenvalue weighted by Gasteiger charge is 2.37. The quantitative estimate of drug-likeness (QED) is 0.0755. The van der Waals surface area contributed by atoms with Crippen LogP contribution in [0.1, 0.15) is 107 Å². The van der Waals surface area contributed by atoms with Crippen LogP contribution in [-0.2, 0) is 10.3 Å². The van der Waals surface area contributed by atoms with E-state index in [4.69, 9.17) is 4.74 Å². The van der Waals surface area contributed by atoms with Gasteiger partial charge in [-0.25, -0.2) is 0 Å². The molecule has 0 atom stereocenters. The Balaban J connectivity index is 1.41. The van der Waals surface area contributed by atoms with Crippen molar-refractivity contribution in [2.75, 3.05) is 11.9 Å². The van der Waals surface area contributed by atoms with E-state index >= 15 is 0 Å². The molecule has 200 valence electrons.